The second-order valence-electron chi connectivity index (χ2n) is 5.48. The van der Waals surface area contributed by atoms with E-state index in [1.165, 1.54) is 17.8 Å². The molecule has 0 radical (unpaired) electrons. The number of piperidine rings is 1. The number of hydrogen-bond acceptors (Lipinski definition) is 5. The molecule has 0 bridgehead atoms. The molecule has 2 heterocycles. The van der Waals surface area contributed by atoms with Gasteiger partial charge < -0.3 is 16.0 Å². The first-order valence-electron chi connectivity index (χ1n) is 6.74. The zero-order valence-corrected chi connectivity index (χ0v) is 12.7. The molecule has 1 aliphatic heterocycles. The van der Waals surface area contributed by atoms with Gasteiger partial charge in [-0.15, -0.1) is 6.42 Å². The summed E-state index contributed by atoms with van der Waals surface area (Å²) in [4.78, 5) is 19.1. The van der Waals surface area contributed by atoms with Crippen molar-refractivity contribution in [2.75, 3.05) is 23.7 Å². The molecule has 0 spiro atoms. The van der Waals surface area contributed by atoms with Crippen molar-refractivity contribution in [3.63, 3.8) is 0 Å². The predicted octanol–water partition coefficient (Wildman–Crippen LogP) is 1.86. The Morgan fingerprint density at radius 1 is 1.45 bits per heavy atom. The number of aromatic nitrogens is 1. The molecule has 1 aliphatic rings. The third kappa shape index (κ3) is 3.23. The van der Waals surface area contributed by atoms with Gasteiger partial charge in [-0.3, -0.25) is 4.79 Å². The van der Waals surface area contributed by atoms with Crippen LogP contribution in [0.3, 0.4) is 0 Å². The summed E-state index contributed by atoms with van der Waals surface area (Å²) in [7, 11) is 0. The Hall–Kier alpha value is -1.74. The Labute approximate surface area is 123 Å². The van der Waals surface area contributed by atoms with Gasteiger partial charge >= 0.3 is 0 Å². The molecule has 1 amide bonds. The summed E-state index contributed by atoms with van der Waals surface area (Å²) in [6.07, 6.45) is 8.94. The number of carbonyl (C=O) groups excluding carboxylic acids is 1. The molecule has 1 fully saturated rings. The van der Waals surface area contributed by atoms with Gasteiger partial charge in [0.2, 0.25) is 0 Å². The summed E-state index contributed by atoms with van der Waals surface area (Å²) >= 11 is 1.33. The van der Waals surface area contributed by atoms with Gasteiger partial charge in [0.05, 0.1) is 5.54 Å². The van der Waals surface area contributed by atoms with Crippen molar-refractivity contribution in [1.82, 2.24) is 10.3 Å². The third-order valence-electron chi connectivity index (χ3n) is 3.26. The number of thiazole rings is 1. The monoisotopic (exact) mass is 292 g/mol. The second-order valence-corrected chi connectivity index (χ2v) is 6.46. The zero-order valence-electron chi connectivity index (χ0n) is 11.9. The van der Waals surface area contributed by atoms with E-state index < -0.39 is 5.54 Å². The van der Waals surface area contributed by atoms with Crippen LogP contribution in [0.4, 0.5) is 10.9 Å². The molecule has 0 aromatic carbocycles. The molecule has 0 atom stereocenters. The molecular formula is C14H20N4OS. The van der Waals surface area contributed by atoms with E-state index in [0.717, 1.165) is 31.1 Å². The average molecular weight is 292 g/mol. The van der Waals surface area contributed by atoms with Crippen LogP contribution < -0.4 is 16.0 Å². The Morgan fingerprint density at radius 2 is 2.10 bits per heavy atom. The normalized spacial score (nSPS) is 15.8. The first-order chi connectivity index (χ1) is 9.43. The molecular weight excluding hydrogens is 272 g/mol. The van der Waals surface area contributed by atoms with Crippen molar-refractivity contribution in [3.05, 3.63) is 4.88 Å². The summed E-state index contributed by atoms with van der Waals surface area (Å²) < 4.78 is 0. The molecule has 1 aromatic heterocycles. The van der Waals surface area contributed by atoms with Gasteiger partial charge in [-0.05, 0) is 33.1 Å². The van der Waals surface area contributed by atoms with Crippen molar-refractivity contribution in [2.24, 2.45) is 0 Å². The number of nitrogens with two attached hydrogens (primary N) is 1. The number of anilines is 2. The maximum Gasteiger partial charge on any atom is 0.266 e. The standard InChI is InChI=1S/C14H20N4OS/c1-4-14(2,3)17-12(19)10-11(15)16-13(20-10)18-8-6-5-7-9-18/h1H,5-9,15H2,2-3H3,(H,17,19). The van der Waals surface area contributed by atoms with Crippen LogP contribution in [0.1, 0.15) is 42.8 Å². The lowest BCUT2D eigenvalue weighted by Gasteiger charge is -2.25. The van der Waals surface area contributed by atoms with E-state index in [4.69, 9.17) is 12.2 Å². The summed E-state index contributed by atoms with van der Waals surface area (Å²) in [6.45, 7) is 5.50. The maximum atomic E-state index is 12.2. The van der Waals surface area contributed by atoms with Crippen molar-refractivity contribution >= 4 is 28.2 Å². The molecule has 3 N–H and O–H groups in total. The van der Waals surface area contributed by atoms with Gasteiger partial charge in [-0.2, -0.15) is 0 Å². The lowest BCUT2D eigenvalue weighted by molar-refractivity contribution is 0.0934. The lowest BCUT2D eigenvalue weighted by Crippen LogP contribution is -2.42. The molecule has 1 saturated heterocycles. The van der Waals surface area contributed by atoms with Crippen LogP contribution in [0, 0.1) is 12.3 Å². The third-order valence-corrected chi connectivity index (χ3v) is 4.39. The van der Waals surface area contributed by atoms with Crippen molar-refractivity contribution in [3.8, 4) is 12.3 Å². The van der Waals surface area contributed by atoms with Crippen LogP contribution in [-0.2, 0) is 0 Å². The van der Waals surface area contributed by atoms with E-state index in [9.17, 15) is 4.79 Å². The quantitative estimate of drug-likeness (QED) is 0.834. The highest BCUT2D eigenvalue weighted by molar-refractivity contribution is 7.18. The van der Waals surface area contributed by atoms with Crippen molar-refractivity contribution < 1.29 is 4.79 Å². The predicted molar refractivity (Wildman–Crippen MR) is 83.0 cm³/mol. The molecule has 108 valence electrons. The van der Waals surface area contributed by atoms with E-state index >= 15 is 0 Å². The summed E-state index contributed by atoms with van der Waals surface area (Å²) in [5.41, 5.74) is 5.17. The summed E-state index contributed by atoms with van der Waals surface area (Å²) in [5, 5.41) is 3.60. The zero-order chi connectivity index (χ0) is 14.8. The lowest BCUT2D eigenvalue weighted by atomic mass is 10.1. The van der Waals surface area contributed by atoms with Crippen LogP contribution >= 0.6 is 11.3 Å². The fourth-order valence-electron chi connectivity index (χ4n) is 2.08. The van der Waals surface area contributed by atoms with Gasteiger partial charge in [0, 0.05) is 13.1 Å². The van der Waals surface area contributed by atoms with Gasteiger partial charge in [0.1, 0.15) is 10.7 Å². The van der Waals surface area contributed by atoms with Crippen LogP contribution in [0.5, 0.6) is 0 Å². The first-order valence-corrected chi connectivity index (χ1v) is 7.56. The highest BCUT2D eigenvalue weighted by Crippen LogP contribution is 2.30. The average Bonchev–Trinajstić information content (AvgIpc) is 2.81. The fraction of sp³-hybridized carbons (Fsp3) is 0.571. The topological polar surface area (TPSA) is 71.2 Å². The largest absolute Gasteiger partial charge is 0.382 e. The number of amides is 1. The van der Waals surface area contributed by atoms with Crippen molar-refractivity contribution in [2.45, 2.75) is 38.6 Å². The SMILES string of the molecule is C#CC(C)(C)NC(=O)c1sc(N2CCCCC2)nc1N. The summed E-state index contributed by atoms with van der Waals surface area (Å²) in [6, 6.07) is 0. The van der Waals surface area contributed by atoms with Crippen LogP contribution in [0.2, 0.25) is 0 Å². The highest BCUT2D eigenvalue weighted by atomic mass is 32.1. The number of terminal acetylenes is 1. The minimum absolute atomic E-state index is 0.258. The van der Waals surface area contributed by atoms with Gasteiger partial charge in [-0.1, -0.05) is 17.3 Å². The van der Waals surface area contributed by atoms with E-state index in [1.807, 2.05) is 0 Å². The Kier molecular flexibility index (Phi) is 4.19. The minimum atomic E-state index is -0.696. The van der Waals surface area contributed by atoms with Crippen LogP contribution in [0.15, 0.2) is 0 Å². The molecule has 20 heavy (non-hydrogen) atoms. The number of rotatable bonds is 3. The number of hydrogen-bond donors (Lipinski definition) is 2. The van der Waals surface area contributed by atoms with E-state index in [2.05, 4.69) is 21.1 Å². The number of nitrogen functional groups attached to an aromatic ring is 1. The maximum absolute atomic E-state index is 12.2. The Bertz CT molecular complexity index is 538. The van der Waals surface area contributed by atoms with Gasteiger partial charge in [-0.25, -0.2) is 4.98 Å². The van der Waals surface area contributed by atoms with E-state index in [1.54, 1.807) is 13.8 Å². The van der Waals surface area contributed by atoms with Gasteiger partial charge in [0.25, 0.3) is 5.91 Å². The van der Waals surface area contributed by atoms with Crippen molar-refractivity contribution in [1.29, 1.82) is 0 Å². The molecule has 0 saturated carbocycles. The van der Waals surface area contributed by atoms with E-state index in [-0.39, 0.29) is 11.7 Å². The van der Waals surface area contributed by atoms with E-state index in [0.29, 0.717) is 4.88 Å². The molecule has 2 rings (SSSR count). The molecule has 6 heteroatoms. The Morgan fingerprint density at radius 3 is 2.70 bits per heavy atom. The minimum Gasteiger partial charge on any atom is -0.382 e. The molecule has 0 unspecified atom stereocenters. The van der Waals surface area contributed by atoms with Crippen LogP contribution in [0.25, 0.3) is 0 Å². The highest BCUT2D eigenvalue weighted by Gasteiger charge is 2.24. The smallest absolute Gasteiger partial charge is 0.266 e. The number of carbonyl (C=O) groups is 1. The number of nitrogens with zero attached hydrogens (tertiary/aromatic N) is 2. The Balaban J connectivity index is 2.15. The molecule has 0 aliphatic carbocycles. The van der Waals surface area contributed by atoms with Crippen LogP contribution in [-0.4, -0.2) is 29.5 Å². The second kappa shape index (κ2) is 5.71. The first kappa shape index (κ1) is 14.7. The fourth-order valence-corrected chi connectivity index (χ4v) is 3.01. The van der Waals surface area contributed by atoms with Gasteiger partial charge in [0.15, 0.2) is 5.13 Å². The summed E-state index contributed by atoms with van der Waals surface area (Å²) in [5.74, 6) is 2.55. The molecule has 1 aromatic rings. The number of nitrogens with one attached hydrogen (secondary N) is 1. The molecule has 5 nitrogen and oxygen atoms in total.